The van der Waals surface area contributed by atoms with Crippen molar-refractivity contribution in [1.82, 2.24) is 20.2 Å². The number of esters is 1. The third-order valence-corrected chi connectivity index (χ3v) is 6.14. The molecule has 1 atom stereocenters. The van der Waals surface area contributed by atoms with Gasteiger partial charge in [0.1, 0.15) is 12.6 Å². The van der Waals surface area contributed by atoms with Gasteiger partial charge in [-0.05, 0) is 46.2 Å². The van der Waals surface area contributed by atoms with Crippen LogP contribution in [0.25, 0.3) is 0 Å². The van der Waals surface area contributed by atoms with Crippen molar-refractivity contribution in [3.05, 3.63) is 107 Å². The van der Waals surface area contributed by atoms with Crippen LogP contribution in [0.2, 0.25) is 0 Å². The van der Waals surface area contributed by atoms with Crippen LogP contribution in [0.3, 0.4) is 0 Å². The Kier molecular flexibility index (Phi) is 7.12. The second-order valence-electron chi connectivity index (χ2n) is 8.57. The molecule has 1 unspecified atom stereocenters. The van der Waals surface area contributed by atoms with Crippen molar-refractivity contribution in [3.63, 3.8) is 0 Å². The Balaban J connectivity index is 1.40. The Morgan fingerprint density at radius 3 is 2.43 bits per heavy atom. The van der Waals surface area contributed by atoms with E-state index < -0.39 is 12.0 Å². The molecular formula is C28H27N5O4. The van der Waals surface area contributed by atoms with Crippen LogP contribution in [-0.4, -0.2) is 39.9 Å². The van der Waals surface area contributed by atoms with Crippen LogP contribution in [0.15, 0.2) is 90.1 Å². The first-order valence-electron chi connectivity index (χ1n) is 12.0. The van der Waals surface area contributed by atoms with Crippen molar-refractivity contribution in [2.45, 2.75) is 26.0 Å². The highest BCUT2D eigenvalue weighted by Crippen LogP contribution is 2.38. The third-order valence-electron chi connectivity index (χ3n) is 6.14. The van der Waals surface area contributed by atoms with E-state index in [9.17, 15) is 4.79 Å². The van der Waals surface area contributed by atoms with Gasteiger partial charge in [0.05, 0.1) is 19.3 Å². The van der Waals surface area contributed by atoms with Crippen LogP contribution in [0.4, 0.5) is 5.95 Å². The summed E-state index contributed by atoms with van der Waals surface area (Å²) in [5.41, 5.74) is 3.88. The molecule has 0 amide bonds. The third kappa shape index (κ3) is 5.30. The molecule has 1 aromatic heterocycles. The van der Waals surface area contributed by atoms with Crippen molar-refractivity contribution < 1.29 is 19.0 Å². The predicted molar refractivity (Wildman–Crippen MR) is 137 cm³/mol. The number of fused-ring (bicyclic) bond motifs is 1. The lowest BCUT2D eigenvalue weighted by molar-refractivity contribution is -0.140. The number of methoxy groups -OCH3 is 1. The SMILES string of the molecule is COc1cc(C2C(C(=O)OCc3ccccc3)=C(C)Nc3nnnn32)ccc1OCCc1ccccc1. The first-order valence-corrected chi connectivity index (χ1v) is 12.0. The lowest BCUT2D eigenvalue weighted by Gasteiger charge is -2.28. The maximum Gasteiger partial charge on any atom is 0.338 e. The largest absolute Gasteiger partial charge is 0.493 e. The quantitative estimate of drug-likeness (QED) is 0.341. The normalized spacial score (nSPS) is 14.5. The lowest BCUT2D eigenvalue weighted by Crippen LogP contribution is -2.29. The van der Waals surface area contributed by atoms with Crippen molar-refractivity contribution in [1.29, 1.82) is 0 Å². The number of hydrogen-bond acceptors (Lipinski definition) is 8. The highest BCUT2D eigenvalue weighted by Gasteiger charge is 2.35. The van der Waals surface area contributed by atoms with Gasteiger partial charge in [0, 0.05) is 12.1 Å². The topological polar surface area (TPSA) is 100 Å². The van der Waals surface area contributed by atoms with Gasteiger partial charge in [0.15, 0.2) is 11.5 Å². The molecule has 188 valence electrons. The fourth-order valence-electron chi connectivity index (χ4n) is 4.28. The van der Waals surface area contributed by atoms with Crippen molar-refractivity contribution in [2.24, 2.45) is 0 Å². The van der Waals surface area contributed by atoms with E-state index in [0.29, 0.717) is 35.3 Å². The molecule has 1 N–H and O–H groups in total. The average molecular weight is 498 g/mol. The zero-order chi connectivity index (χ0) is 25.6. The average Bonchev–Trinajstić information content (AvgIpc) is 3.40. The summed E-state index contributed by atoms with van der Waals surface area (Å²) in [6, 6.07) is 24.7. The van der Waals surface area contributed by atoms with Crippen LogP contribution < -0.4 is 14.8 Å². The molecule has 0 bridgehead atoms. The van der Waals surface area contributed by atoms with Gasteiger partial charge in [-0.2, -0.15) is 4.68 Å². The maximum absolute atomic E-state index is 13.3. The van der Waals surface area contributed by atoms with Gasteiger partial charge in [-0.1, -0.05) is 71.8 Å². The van der Waals surface area contributed by atoms with E-state index >= 15 is 0 Å². The summed E-state index contributed by atoms with van der Waals surface area (Å²) < 4.78 is 18.9. The molecule has 0 saturated heterocycles. The first kappa shape index (κ1) is 24.1. The molecule has 9 heteroatoms. The van der Waals surface area contributed by atoms with E-state index in [4.69, 9.17) is 14.2 Å². The molecule has 2 heterocycles. The number of nitrogens with zero attached hydrogens (tertiary/aromatic N) is 4. The summed E-state index contributed by atoms with van der Waals surface area (Å²) in [4.78, 5) is 13.3. The van der Waals surface area contributed by atoms with E-state index in [1.54, 1.807) is 11.8 Å². The zero-order valence-electron chi connectivity index (χ0n) is 20.6. The monoisotopic (exact) mass is 497 g/mol. The molecule has 4 aromatic rings. The van der Waals surface area contributed by atoms with Gasteiger partial charge >= 0.3 is 5.97 Å². The summed E-state index contributed by atoms with van der Waals surface area (Å²) in [6.07, 6.45) is 0.771. The lowest BCUT2D eigenvalue weighted by atomic mass is 9.95. The molecule has 0 spiro atoms. The van der Waals surface area contributed by atoms with Crippen molar-refractivity contribution in [3.8, 4) is 11.5 Å². The van der Waals surface area contributed by atoms with E-state index in [1.165, 1.54) is 5.56 Å². The molecule has 9 nitrogen and oxygen atoms in total. The molecule has 0 aliphatic carbocycles. The fraction of sp³-hybridized carbons (Fsp3) is 0.214. The fourth-order valence-corrected chi connectivity index (χ4v) is 4.28. The molecule has 0 radical (unpaired) electrons. The Hall–Kier alpha value is -4.66. The smallest absolute Gasteiger partial charge is 0.338 e. The first-order chi connectivity index (χ1) is 18.1. The Bertz CT molecular complexity index is 1400. The summed E-state index contributed by atoms with van der Waals surface area (Å²) in [6.45, 7) is 2.46. The van der Waals surface area contributed by atoms with Gasteiger partial charge in [0.2, 0.25) is 5.95 Å². The summed E-state index contributed by atoms with van der Waals surface area (Å²) >= 11 is 0. The molecular weight excluding hydrogens is 470 g/mol. The highest BCUT2D eigenvalue weighted by molar-refractivity contribution is 5.92. The summed E-state index contributed by atoms with van der Waals surface area (Å²) in [7, 11) is 1.59. The Labute approximate surface area is 214 Å². The van der Waals surface area contributed by atoms with Crippen LogP contribution in [0, 0.1) is 0 Å². The second kappa shape index (κ2) is 10.9. The number of anilines is 1. The maximum atomic E-state index is 13.3. The Morgan fingerprint density at radius 2 is 1.70 bits per heavy atom. The zero-order valence-corrected chi connectivity index (χ0v) is 20.6. The summed E-state index contributed by atoms with van der Waals surface area (Å²) in [5.74, 6) is 1.14. The molecule has 1 aliphatic rings. The minimum Gasteiger partial charge on any atom is -0.493 e. The predicted octanol–water partition coefficient (Wildman–Crippen LogP) is 4.34. The number of tetrazole rings is 1. The number of carbonyl (C=O) groups is 1. The van der Waals surface area contributed by atoms with Crippen LogP contribution in [0.5, 0.6) is 11.5 Å². The van der Waals surface area contributed by atoms with Crippen LogP contribution in [0.1, 0.15) is 29.7 Å². The van der Waals surface area contributed by atoms with Crippen molar-refractivity contribution >= 4 is 11.9 Å². The number of carbonyl (C=O) groups excluding carboxylic acids is 1. The minimum atomic E-state index is -0.609. The summed E-state index contributed by atoms with van der Waals surface area (Å²) in [5, 5.41) is 15.1. The van der Waals surface area contributed by atoms with Crippen LogP contribution in [-0.2, 0) is 22.6 Å². The molecule has 1 aliphatic heterocycles. The number of nitrogens with one attached hydrogen (secondary N) is 1. The number of rotatable bonds is 9. The molecule has 3 aromatic carbocycles. The molecule has 0 saturated carbocycles. The van der Waals surface area contributed by atoms with Gasteiger partial charge < -0.3 is 19.5 Å². The number of hydrogen-bond donors (Lipinski definition) is 1. The number of allylic oxidation sites excluding steroid dienone is 1. The molecule has 0 fully saturated rings. The molecule has 37 heavy (non-hydrogen) atoms. The number of benzene rings is 3. The van der Waals surface area contributed by atoms with Gasteiger partial charge in [-0.3, -0.25) is 0 Å². The molecule has 5 rings (SSSR count). The number of aromatic nitrogens is 4. The van der Waals surface area contributed by atoms with Gasteiger partial charge in [-0.25, -0.2) is 4.79 Å². The standard InChI is InChI=1S/C28H27N5O4/c1-19-25(27(34)37-18-21-11-7-4-8-12-21)26(33-28(29-19)30-31-32-33)22-13-14-23(24(17-22)35-2)36-16-15-20-9-5-3-6-10-20/h3-14,17,26H,15-16,18H2,1-2H3,(H,29,30,32). The van der Waals surface area contributed by atoms with Crippen molar-refractivity contribution in [2.75, 3.05) is 19.0 Å². The van der Waals surface area contributed by atoms with Gasteiger partial charge in [0.25, 0.3) is 0 Å². The van der Waals surface area contributed by atoms with E-state index in [1.807, 2.05) is 73.7 Å². The van der Waals surface area contributed by atoms with E-state index in [0.717, 1.165) is 17.5 Å². The number of ether oxygens (including phenoxy) is 3. The van der Waals surface area contributed by atoms with Gasteiger partial charge in [-0.15, -0.1) is 0 Å². The van der Waals surface area contributed by atoms with Crippen LogP contribution >= 0.6 is 0 Å². The minimum absolute atomic E-state index is 0.156. The van der Waals surface area contributed by atoms with E-state index in [-0.39, 0.29) is 6.61 Å². The highest BCUT2D eigenvalue weighted by atomic mass is 16.5. The Morgan fingerprint density at radius 1 is 0.973 bits per heavy atom. The second-order valence-corrected chi connectivity index (χ2v) is 8.57. The van der Waals surface area contributed by atoms with E-state index in [2.05, 4.69) is 33.0 Å².